The summed E-state index contributed by atoms with van der Waals surface area (Å²) in [5.41, 5.74) is 0.492. The molecule has 0 saturated heterocycles. The number of unbranched alkanes of at least 4 members (excludes halogenated alkanes) is 5. The van der Waals surface area contributed by atoms with Crippen LogP contribution in [0.5, 0.6) is 17.2 Å². The number of hydrogen-bond donors (Lipinski definition) is 0. The lowest BCUT2D eigenvalue weighted by Gasteiger charge is -2.11. The zero-order valence-corrected chi connectivity index (χ0v) is 19.0. The van der Waals surface area contributed by atoms with Crippen molar-refractivity contribution in [3.8, 4) is 17.2 Å². The van der Waals surface area contributed by atoms with E-state index in [1.54, 1.807) is 24.3 Å². The van der Waals surface area contributed by atoms with Crippen molar-refractivity contribution in [1.82, 2.24) is 0 Å². The molecule has 2 aromatic carbocycles. The highest BCUT2D eigenvalue weighted by Gasteiger charge is 2.09. The first-order valence-corrected chi connectivity index (χ1v) is 11.4. The van der Waals surface area contributed by atoms with Gasteiger partial charge in [0.15, 0.2) is 0 Å². The van der Waals surface area contributed by atoms with Crippen LogP contribution in [-0.4, -0.2) is 19.2 Å². The van der Waals surface area contributed by atoms with E-state index < -0.39 is 0 Å². The zero-order chi connectivity index (χ0) is 22.3. The van der Waals surface area contributed by atoms with E-state index in [9.17, 15) is 4.79 Å². The fourth-order valence-corrected chi connectivity index (χ4v) is 2.92. The predicted molar refractivity (Wildman–Crippen MR) is 126 cm³/mol. The van der Waals surface area contributed by atoms with Crippen LogP contribution >= 0.6 is 0 Å². The molecule has 1 atom stereocenters. The van der Waals surface area contributed by atoms with Gasteiger partial charge in [-0.15, -0.1) is 6.58 Å². The highest BCUT2D eigenvalue weighted by atomic mass is 16.5. The van der Waals surface area contributed by atoms with Gasteiger partial charge in [0, 0.05) is 0 Å². The van der Waals surface area contributed by atoms with E-state index >= 15 is 0 Å². The summed E-state index contributed by atoms with van der Waals surface area (Å²) in [6.07, 6.45) is 10.1. The second-order valence-electron chi connectivity index (χ2n) is 7.90. The van der Waals surface area contributed by atoms with Crippen molar-refractivity contribution in [2.24, 2.45) is 5.92 Å². The molecule has 0 aromatic heterocycles. The Hall–Kier alpha value is -2.75. The fourth-order valence-electron chi connectivity index (χ4n) is 2.92. The molecular formula is C27H36O4. The highest BCUT2D eigenvalue weighted by molar-refractivity contribution is 5.91. The molecule has 0 aliphatic heterocycles. The molecule has 4 nitrogen and oxygen atoms in total. The van der Waals surface area contributed by atoms with Crippen LogP contribution in [0.1, 0.15) is 69.2 Å². The van der Waals surface area contributed by atoms with Crippen LogP contribution in [0.15, 0.2) is 61.2 Å². The molecule has 0 aliphatic carbocycles. The molecule has 0 heterocycles. The zero-order valence-electron chi connectivity index (χ0n) is 19.0. The second kappa shape index (κ2) is 14.3. The van der Waals surface area contributed by atoms with E-state index in [4.69, 9.17) is 14.2 Å². The monoisotopic (exact) mass is 424 g/mol. The van der Waals surface area contributed by atoms with E-state index in [1.165, 1.54) is 25.7 Å². The summed E-state index contributed by atoms with van der Waals surface area (Å²) < 4.78 is 16.9. The van der Waals surface area contributed by atoms with Crippen molar-refractivity contribution in [2.45, 2.75) is 58.8 Å². The number of esters is 1. The molecule has 2 aromatic rings. The van der Waals surface area contributed by atoms with Gasteiger partial charge in [-0.2, -0.15) is 0 Å². The van der Waals surface area contributed by atoms with Crippen LogP contribution < -0.4 is 14.2 Å². The molecular weight excluding hydrogens is 388 g/mol. The van der Waals surface area contributed by atoms with Gasteiger partial charge in [-0.25, -0.2) is 4.79 Å². The average molecular weight is 425 g/mol. The van der Waals surface area contributed by atoms with Crippen LogP contribution in [0.2, 0.25) is 0 Å². The third kappa shape index (κ3) is 9.73. The lowest BCUT2D eigenvalue weighted by Crippen LogP contribution is -2.09. The molecule has 0 saturated carbocycles. The molecule has 2 rings (SSSR count). The van der Waals surface area contributed by atoms with E-state index in [0.29, 0.717) is 30.4 Å². The maximum absolute atomic E-state index is 12.4. The van der Waals surface area contributed by atoms with Gasteiger partial charge >= 0.3 is 5.97 Å². The van der Waals surface area contributed by atoms with Crippen molar-refractivity contribution < 1.29 is 19.0 Å². The van der Waals surface area contributed by atoms with Gasteiger partial charge in [0.25, 0.3) is 0 Å². The molecule has 168 valence electrons. The number of allylic oxidation sites excluding steroid dienone is 1. The van der Waals surface area contributed by atoms with Crippen LogP contribution in [0, 0.1) is 5.92 Å². The quantitative estimate of drug-likeness (QED) is 0.131. The number of hydrogen-bond acceptors (Lipinski definition) is 4. The van der Waals surface area contributed by atoms with E-state index in [-0.39, 0.29) is 5.97 Å². The maximum atomic E-state index is 12.4. The number of carbonyl (C=O) groups is 1. The molecule has 0 amide bonds. The number of benzene rings is 2. The Morgan fingerprint density at radius 2 is 1.45 bits per heavy atom. The van der Waals surface area contributed by atoms with Gasteiger partial charge in [0.05, 0.1) is 18.8 Å². The maximum Gasteiger partial charge on any atom is 0.343 e. The molecule has 1 unspecified atom stereocenters. The lowest BCUT2D eigenvalue weighted by atomic mass is 10.1. The van der Waals surface area contributed by atoms with E-state index in [0.717, 1.165) is 30.8 Å². The van der Waals surface area contributed by atoms with E-state index in [2.05, 4.69) is 20.4 Å². The van der Waals surface area contributed by atoms with Gasteiger partial charge in [-0.3, -0.25) is 0 Å². The highest BCUT2D eigenvalue weighted by Crippen LogP contribution is 2.20. The van der Waals surface area contributed by atoms with Gasteiger partial charge in [0.2, 0.25) is 0 Å². The molecule has 0 spiro atoms. The fraction of sp³-hybridized carbons (Fsp3) is 0.444. The van der Waals surface area contributed by atoms with Crippen LogP contribution in [0.4, 0.5) is 0 Å². The van der Waals surface area contributed by atoms with Crippen molar-refractivity contribution in [1.29, 1.82) is 0 Å². The number of carbonyl (C=O) groups excluding carboxylic acids is 1. The smallest absolute Gasteiger partial charge is 0.343 e. The largest absolute Gasteiger partial charge is 0.494 e. The average Bonchev–Trinajstić information content (AvgIpc) is 2.80. The van der Waals surface area contributed by atoms with E-state index in [1.807, 2.05) is 30.3 Å². The normalized spacial score (nSPS) is 11.5. The third-order valence-corrected chi connectivity index (χ3v) is 5.18. The summed E-state index contributed by atoms with van der Waals surface area (Å²) in [5, 5.41) is 0. The Morgan fingerprint density at radius 1 is 0.871 bits per heavy atom. The second-order valence-corrected chi connectivity index (χ2v) is 7.90. The Kier molecular flexibility index (Phi) is 11.3. The Labute approximate surface area is 187 Å². The van der Waals surface area contributed by atoms with Crippen molar-refractivity contribution >= 4 is 5.97 Å². The van der Waals surface area contributed by atoms with Gasteiger partial charge in [0.1, 0.15) is 17.2 Å². The first kappa shape index (κ1) is 24.5. The molecule has 0 aliphatic rings. The topological polar surface area (TPSA) is 44.8 Å². The SMILES string of the molecule is C=CCCCCCCCOc1ccc(C(=O)Oc2ccc(OCC(C)CC)cc2)cc1. The molecule has 0 N–H and O–H groups in total. The van der Waals surface area contributed by atoms with Crippen molar-refractivity contribution in [3.63, 3.8) is 0 Å². The van der Waals surface area contributed by atoms with Crippen LogP contribution in [-0.2, 0) is 0 Å². The minimum absolute atomic E-state index is 0.389. The van der Waals surface area contributed by atoms with Crippen molar-refractivity contribution in [2.75, 3.05) is 13.2 Å². The summed E-state index contributed by atoms with van der Waals surface area (Å²) >= 11 is 0. The third-order valence-electron chi connectivity index (χ3n) is 5.18. The minimum atomic E-state index is -0.389. The first-order chi connectivity index (χ1) is 15.1. The molecule has 4 heteroatoms. The Bertz CT molecular complexity index is 765. The summed E-state index contributed by atoms with van der Waals surface area (Å²) in [6, 6.07) is 14.2. The van der Waals surface area contributed by atoms with Crippen molar-refractivity contribution in [3.05, 3.63) is 66.7 Å². The van der Waals surface area contributed by atoms with Crippen LogP contribution in [0.25, 0.3) is 0 Å². The first-order valence-electron chi connectivity index (χ1n) is 11.4. The Morgan fingerprint density at radius 3 is 2.13 bits per heavy atom. The van der Waals surface area contributed by atoms with Crippen LogP contribution in [0.3, 0.4) is 0 Å². The molecule has 0 bridgehead atoms. The van der Waals surface area contributed by atoms with Gasteiger partial charge in [-0.1, -0.05) is 45.6 Å². The Balaban J connectivity index is 1.71. The summed E-state index contributed by atoms with van der Waals surface area (Å²) in [4.78, 5) is 12.4. The summed E-state index contributed by atoms with van der Waals surface area (Å²) in [7, 11) is 0. The van der Waals surface area contributed by atoms with Gasteiger partial charge < -0.3 is 14.2 Å². The van der Waals surface area contributed by atoms with Gasteiger partial charge in [-0.05, 0) is 73.7 Å². The summed E-state index contributed by atoms with van der Waals surface area (Å²) in [6.45, 7) is 9.41. The minimum Gasteiger partial charge on any atom is -0.494 e. The summed E-state index contributed by atoms with van der Waals surface area (Å²) in [5.74, 6) is 2.16. The lowest BCUT2D eigenvalue weighted by molar-refractivity contribution is 0.0734. The molecule has 0 fully saturated rings. The predicted octanol–water partition coefficient (Wildman–Crippen LogP) is 7.24. The molecule has 0 radical (unpaired) electrons. The standard InChI is InChI=1S/C27H36O4/c1-4-6-7-8-9-10-11-20-29-24-14-12-23(13-15-24)27(28)31-26-18-16-25(17-19-26)30-21-22(3)5-2/h4,12-19,22H,1,5-11,20-21H2,2-3H3. The number of rotatable bonds is 15. The number of ether oxygens (including phenoxy) is 3. The molecule has 31 heavy (non-hydrogen) atoms.